The van der Waals surface area contributed by atoms with Crippen molar-refractivity contribution in [3.63, 3.8) is 0 Å². The van der Waals surface area contributed by atoms with Gasteiger partial charge in [-0.3, -0.25) is 9.69 Å². The van der Waals surface area contributed by atoms with Gasteiger partial charge in [0.25, 0.3) is 5.91 Å². The molecule has 0 bridgehead atoms. The molecule has 1 amide bonds. The van der Waals surface area contributed by atoms with E-state index in [1.165, 1.54) is 22.4 Å². The number of pyridine rings is 1. The first-order valence-electron chi connectivity index (χ1n) is 14.1. The van der Waals surface area contributed by atoms with Crippen molar-refractivity contribution in [1.29, 1.82) is 0 Å². The van der Waals surface area contributed by atoms with Crippen molar-refractivity contribution in [3.05, 3.63) is 120 Å². The molecule has 1 aliphatic rings. The molecule has 0 N–H and O–H groups in total. The number of carbonyl (C=O) groups is 1. The lowest BCUT2D eigenvalue weighted by molar-refractivity contribution is 0.0627. The van der Waals surface area contributed by atoms with Crippen LogP contribution in [0.3, 0.4) is 0 Å². The van der Waals surface area contributed by atoms with E-state index in [1.54, 1.807) is 0 Å². The van der Waals surface area contributed by atoms with E-state index in [9.17, 15) is 4.79 Å². The van der Waals surface area contributed by atoms with Gasteiger partial charge in [0, 0.05) is 50.0 Å². The second-order valence-electron chi connectivity index (χ2n) is 11.7. The molecule has 5 heteroatoms. The number of amides is 1. The molecule has 40 heavy (non-hydrogen) atoms. The first-order chi connectivity index (χ1) is 19.4. The summed E-state index contributed by atoms with van der Waals surface area (Å²) in [6.45, 7) is 10.4. The minimum absolute atomic E-state index is 0.0749. The van der Waals surface area contributed by atoms with Gasteiger partial charge >= 0.3 is 0 Å². The zero-order valence-electron chi connectivity index (χ0n) is 23.5. The van der Waals surface area contributed by atoms with Gasteiger partial charge in [0.2, 0.25) is 0 Å². The maximum atomic E-state index is 13.3. The van der Waals surface area contributed by atoms with E-state index in [1.807, 2.05) is 29.2 Å². The van der Waals surface area contributed by atoms with Crippen molar-refractivity contribution in [3.8, 4) is 22.4 Å². The fourth-order valence-corrected chi connectivity index (χ4v) is 5.49. The van der Waals surface area contributed by atoms with Crippen LogP contribution in [-0.2, 0) is 12.0 Å². The molecule has 0 atom stereocenters. The zero-order valence-corrected chi connectivity index (χ0v) is 23.5. The number of benzene rings is 3. The van der Waals surface area contributed by atoms with Gasteiger partial charge in [-0.15, -0.1) is 0 Å². The molecule has 202 valence electrons. The summed E-state index contributed by atoms with van der Waals surface area (Å²) in [5, 5.41) is 0. The summed E-state index contributed by atoms with van der Waals surface area (Å²) in [7, 11) is 0. The molecule has 3 aromatic carbocycles. The number of aromatic nitrogens is 2. The predicted molar refractivity (Wildman–Crippen MR) is 162 cm³/mol. The number of fused-ring (bicyclic) bond motifs is 1. The maximum absolute atomic E-state index is 13.3. The lowest BCUT2D eigenvalue weighted by atomic mass is 9.86. The highest BCUT2D eigenvalue weighted by atomic mass is 16.2. The minimum atomic E-state index is 0.0749. The third kappa shape index (κ3) is 5.30. The molecule has 0 radical (unpaired) electrons. The molecule has 0 unspecified atom stereocenters. The van der Waals surface area contributed by atoms with Crippen LogP contribution in [0.4, 0.5) is 0 Å². The Morgan fingerprint density at radius 3 is 1.98 bits per heavy atom. The molecule has 6 rings (SSSR count). The van der Waals surface area contributed by atoms with Crippen LogP contribution in [0.25, 0.3) is 28.0 Å². The predicted octanol–water partition coefficient (Wildman–Crippen LogP) is 6.92. The number of imidazole rings is 1. The van der Waals surface area contributed by atoms with Crippen molar-refractivity contribution < 1.29 is 4.79 Å². The molecule has 0 spiro atoms. The van der Waals surface area contributed by atoms with Crippen LogP contribution in [0, 0.1) is 0 Å². The fourth-order valence-electron chi connectivity index (χ4n) is 5.49. The second-order valence-corrected chi connectivity index (χ2v) is 11.7. The van der Waals surface area contributed by atoms with Gasteiger partial charge in [-0.2, -0.15) is 0 Å². The summed E-state index contributed by atoms with van der Waals surface area (Å²) in [5.41, 5.74) is 8.70. The third-order valence-electron chi connectivity index (χ3n) is 7.90. The quantitative estimate of drug-likeness (QED) is 0.249. The van der Waals surface area contributed by atoms with Gasteiger partial charge in [-0.25, -0.2) is 4.98 Å². The lowest BCUT2D eigenvalue weighted by Gasteiger charge is -2.35. The molecule has 0 aliphatic carbocycles. The van der Waals surface area contributed by atoms with E-state index >= 15 is 0 Å². The van der Waals surface area contributed by atoms with Crippen LogP contribution < -0.4 is 0 Å². The van der Waals surface area contributed by atoms with E-state index in [-0.39, 0.29) is 11.3 Å². The first-order valence-corrected chi connectivity index (χ1v) is 14.1. The number of hydrogen-bond donors (Lipinski definition) is 0. The summed E-state index contributed by atoms with van der Waals surface area (Å²) in [5.74, 6) is 0.118. The summed E-state index contributed by atoms with van der Waals surface area (Å²) in [4.78, 5) is 22.8. The number of rotatable bonds is 5. The standard InChI is InChI=1S/C35H36N4O/c1-35(2,3)30-17-14-28(15-18-30)34(40)38-22-20-37(21-23-38)25-31-33(27-12-8-5-9-13-27)36-32-19-16-29(24-39(31)32)26-10-6-4-7-11-26/h4-19,24H,20-23,25H2,1-3H3. The van der Waals surface area contributed by atoms with E-state index in [0.29, 0.717) is 13.1 Å². The van der Waals surface area contributed by atoms with Crippen LogP contribution in [0.15, 0.2) is 103 Å². The van der Waals surface area contributed by atoms with Crippen molar-refractivity contribution in [2.45, 2.75) is 32.7 Å². The molecule has 1 saturated heterocycles. The smallest absolute Gasteiger partial charge is 0.253 e. The number of carbonyl (C=O) groups excluding carboxylic acids is 1. The van der Waals surface area contributed by atoms with Crippen molar-refractivity contribution in [2.75, 3.05) is 26.2 Å². The Balaban J connectivity index is 1.23. The van der Waals surface area contributed by atoms with Crippen LogP contribution in [0.1, 0.15) is 42.4 Å². The Morgan fingerprint density at radius 2 is 1.35 bits per heavy atom. The van der Waals surface area contributed by atoms with Crippen molar-refractivity contribution in [2.24, 2.45) is 0 Å². The third-order valence-corrected chi connectivity index (χ3v) is 7.90. The summed E-state index contributed by atoms with van der Waals surface area (Å²) >= 11 is 0. The zero-order chi connectivity index (χ0) is 27.7. The molecular weight excluding hydrogens is 492 g/mol. The van der Waals surface area contributed by atoms with Crippen LogP contribution in [-0.4, -0.2) is 51.3 Å². The Kier molecular flexibility index (Phi) is 6.99. The van der Waals surface area contributed by atoms with Gasteiger partial charge in [0.1, 0.15) is 5.65 Å². The Hall–Kier alpha value is -4.22. The summed E-state index contributed by atoms with van der Waals surface area (Å²) in [6.07, 6.45) is 2.21. The monoisotopic (exact) mass is 528 g/mol. The van der Waals surface area contributed by atoms with E-state index < -0.39 is 0 Å². The van der Waals surface area contributed by atoms with Crippen LogP contribution in [0.2, 0.25) is 0 Å². The maximum Gasteiger partial charge on any atom is 0.253 e. The van der Waals surface area contributed by atoms with Crippen molar-refractivity contribution >= 4 is 11.6 Å². The van der Waals surface area contributed by atoms with Gasteiger partial charge in [-0.05, 0) is 46.4 Å². The number of piperazine rings is 1. The van der Waals surface area contributed by atoms with E-state index in [0.717, 1.165) is 42.1 Å². The van der Waals surface area contributed by atoms with Gasteiger partial charge in [-0.1, -0.05) is 93.6 Å². The molecule has 5 aromatic rings. The van der Waals surface area contributed by atoms with Gasteiger partial charge in [0.15, 0.2) is 0 Å². The lowest BCUT2D eigenvalue weighted by Crippen LogP contribution is -2.48. The number of nitrogens with zero attached hydrogens (tertiary/aromatic N) is 4. The summed E-state index contributed by atoms with van der Waals surface area (Å²) < 4.78 is 2.25. The minimum Gasteiger partial charge on any atom is -0.336 e. The fraction of sp³-hybridized carbons (Fsp3) is 0.257. The van der Waals surface area contributed by atoms with Crippen molar-refractivity contribution in [1.82, 2.24) is 19.2 Å². The molecule has 1 fully saturated rings. The highest BCUT2D eigenvalue weighted by Crippen LogP contribution is 2.29. The SMILES string of the molecule is CC(C)(C)c1ccc(C(=O)N2CCN(Cc3c(-c4ccccc4)nc4ccc(-c5ccccc5)cn34)CC2)cc1. The topological polar surface area (TPSA) is 40.9 Å². The second kappa shape index (κ2) is 10.7. The highest BCUT2D eigenvalue weighted by molar-refractivity contribution is 5.94. The first kappa shape index (κ1) is 26.0. The summed E-state index contributed by atoms with van der Waals surface area (Å²) in [6, 6.07) is 33.3. The molecule has 0 saturated carbocycles. The largest absolute Gasteiger partial charge is 0.336 e. The Labute approximate surface area is 236 Å². The number of hydrogen-bond acceptors (Lipinski definition) is 3. The molecule has 5 nitrogen and oxygen atoms in total. The Morgan fingerprint density at radius 1 is 0.725 bits per heavy atom. The molecule has 2 aromatic heterocycles. The average molecular weight is 529 g/mol. The van der Waals surface area contributed by atoms with Gasteiger partial charge in [0.05, 0.1) is 11.4 Å². The Bertz CT molecular complexity index is 1610. The van der Waals surface area contributed by atoms with E-state index in [4.69, 9.17) is 4.98 Å². The highest BCUT2D eigenvalue weighted by Gasteiger charge is 2.25. The van der Waals surface area contributed by atoms with E-state index in [2.05, 4.69) is 109 Å². The van der Waals surface area contributed by atoms with Gasteiger partial charge < -0.3 is 9.30 Å². The molecule has 3 heterocycles. The molecule has 1 aliphatic heterocycles. The average Bonchev–Trinajstić information content (AvgIpc) is 3.35. The van der Waals surface area contributed by atoms with Crippen LogP contribution in [0.5, 0.6) is 0 Å². The molecular formula is C35H36N4O. The normalized spacial score (nSPS) is 14.5. The van der Waals surface area contributed by atoms with Crippen LogP contribution >= 0.6 is 0 Å².